The number of esters is 1. The fourth-order valence-corrected chi connectivity index (χ4v) is 3.10. The van der Waals surface area contributed by atoms with Gasteiger partial charge in [-0.15, -0.1) is 0 Å². The first-order chi connectivity index (χ1) is 14.2. The molecule has 3 rings (SSSR count). The van der Waals surface area contributed by atoms with Crippen LogP contribution in [0.2, 0.25) is 0 Å². The highest BCUT2D eigenvalue weighted by atomic mass is 16.6. The van der Waals surface area contributed by atoms with E-state index in [-0.39, 0.29) is 17.0 Å². The summed E-state index contributed by atoms with van der Waals surface area (Å²) < 4.78 is 16.5. The number of nitro groups is 1. The van der Waals surface area contributed by atoms with Gasteiger partial charge in [-0.3, -0.25) is 14.9 Å². The predicted octanol–water partition coefficient (Wildman–Crippen LogP) is 3.26. The molecule has 0 unspecified atom stereocenters. The zero-order valence-electron chi connectivity index (χ0n) is 16.8. The Balaban J connectivity index is 1.55. The van der Waals surface area contributed by atoms with Crippen molar-refractivity contribution < 1.29 is 28.7 Å². The van der Waals surface area contributed by atoms with Gasteiger partial charge in [0.25, 0.3) is 11.6 Å². The summed E-state index contributed by atoms with van der Waals surface area (Å²) in [5, 5.41) is 13.4. The van der Waals surface area contributed by atoms with E-state index in [0.29, 0.717) is 11.5 Å². The summed E-state index contributed by atoms with van der Waals surface area (Å²) in [4.78, 5) is 34.8. The van der Waals surface area contributed by atoms with Crippen LogP contribution in [0.4, 0.5) is 11.4 Å². The quantitative estimate of drug-likeness (QED) is 0.420. The number of para-hydroxylation sites is 3. The van der Waals surface area contributed by atoms with E-state index in [9.17, 15) is 19.7 Å². The molecule has 0 aromatic heterocycles. The van der Waals surface area contributed by atoms with Gasteiger partial charge in [-0.2, -0.15) is 0 Å². The minimum atomic E-state index is -1.17. The molecule has 0 bridgehead atoms. The van der Waals surface area contributed by atoms with Crippen molar-refractivity contribution in [2.45, 2.75) is 38.9 Å². The highest BCUT2D eigenvalue weighted by Crippen LogP contribution is 2.41. The number of hydrogen-bond donors (Lipinski definition) is 1. The number of fused-ring (bicyclic) bond motifs is 1. The number of nitrogens with one attached hydrogen (secondary N) is 1. The first-order valence-electron chi connectivity index (χ1n) is 9.34. The second-order valence-corrected chi connectivity index (χ2v) is 7.47. The Kier molecular flexibility index (Phi) is 5.91. The SMILES string of the molecule is C[C@@H](OC(=O)COc1cccc2c1OC(C)(C)C2)C(=O)Nc1ccccc1[N+](=O)[O-]. The van der Waals surface area contributed by atoms with Gasteiger partial charge in [0.1, 0.15) is 11.3 Å². The minimum Gasteiger partial charge on any atom is -0.483 e. The van der Waals surface area contributed by atoms with Crippen LogP contribution < -0.4 is 14.8 Å². The van der Waals surface area contributed by atoms with Crippen LogP contribution in [0.15, 0.2) is 42.5 Å². The van der Waals surface area contributed by atoms with E-state index in [1.165, 1.54) is 25.1 Å². The van der Waals surface area contributed by atoms with Crippen molar-refractivity contribution in [1.29, 1.82) is 0 Å². The van der Waals surface area contributed by atoms with E-state index >= 15 is 0 Å². The third-order valence-electron chi connectivity index (χ3n) is 4.44. The van der Waals surface area contributed by atoms with Crippen molar-refractivity contribution in [1.82, 2.24) is 0 Å². The van der Waals surface area contributed by atoms with Crippen LogP contribution >= 0.6 is 0 Å². The highest BCUT2D eigenvalue weighted by Gasteiger charge is 2.32. The molecule has 0 spiro atoms. The predicted molar refractivity (Wildman–Crippen MR) is 108 cm³/mol. The Morgan fingerprint density at radius 1 is 1.23 bits per heavy atom. The summed E-state index contributed by atoms with van der Waals surface area (Å²) in [6.07, 6.45) is -0.440. The second kappa shape index (κ2) is 8.40. The molecule has 1 amide bonds. The van der Waals surface area contributed by atoms with Crippen LogP contribution in [0.1, 0.15) is 26.3 Å². The number of benzene rings is 2. The zero-order chi connectivity index (χ0) is 21.9. The molecule has 1 N–H and O–H groups in total. The summed E-state index contributed by atoms with van der Waals surface area (Å²) in [7, 11) is 0. The summed E-state index contributed by atoms with van der Waals surface area (Å²) >= 11 is 0. The van der Waals surface area contributed by atoms with Crippen LogP contribution in [-0.2, 0) is 20.7 Å². The molecule has 9 nitrogen and oxygen atoms in total. The number of nitrogens with zero attached hydrogens (tertiary/aromatic N) is 1. The standard InChI is InChI=1S/C21H22N2O7/c1-13(20(25)22-15-8-4-5-9-16(15)23(26)27)29-18(24)12-28-17-10-6-7-14-11-21(2,3)30-19(14)17/h4-10,13H,11-12H2,1-3H3,(H,22,25)/t13-/m1/s1. The maximum absolute atomic E-state index is 12.3. The van der Waals surface area contributed by atoms with E-state index in [4.69, 9.17) is 14.2 Å². The third-order valence-corrected chi connectivity index (χ3v) is 4.44. The molecule has 1 aliphatic rings. The van der Waals surface area contributed by atoms with E-state index < -0.39 is 29.5 Å². The van der Waals surface area contributed by atoms with E-state index in [1.807, 2.05) is 26.0 Å². The van der Waals surface area contributed by atoms with Crippen LogP contribution in [0.3, 0.4) is 0 Å². The molecule has 1 heterocycles. The molecule has 2 aromatic rings. The van der Waals surface area contributed by atoms with Gasteiger partial charge >= 0.3 is 5.97 Å². The second-order valence-electron chi connectivity index (χ2n) is 7.47. The van der Waals surface area contributed by atoms with E-state index in [0.717, 1.165) is 12.0 Å². The molecule has 158 valence electrons. The van der Waals surface area contributed by atoms with Crippen molar-refractivity contribution in [3.05, 3.63) is 58.1 Å². The summed E-state index contributed by atoms with van der Waals surface area (Å²) in [6.45, 7) is 4.88. The molecule has 2 aromatic carbocycles. The fourth-order valence-electron chi connectivity index (χ4n) is 3.10. The smallest absolute Gasteiger partial charge is 0.344 e. The van der Waals surface area contributed by atoms with Crippen LogP contribution in [-0.4, -0.2) is 35.1 Å². The van der Waals surface area contributed by atoms with Crippen molar-refractivity contribution in [2.24, 2.45) is 0 Å². The molecule has 0 radical (unpaired) electrons. The van der Waals surface area contributed by atoms with Gasteiger partial charge in [0.2, 0.25) is 0 Å². The lowest BCUT2D eigenvalue weighted by Gasteiger charge is -2.18. The van der Waals surface area contributed by atoms with Gasteiger partial charge in [0.05, 0.1) is 4.92 Å². The first kappa shape index (κ1) is 21.1. The molecular weight excluding hydrogens is 392 g/mol. The number of hydrogen-bond acceptors (Lipinski definition) is 7. The van der Waals surface area contributed by atoms with Gasteiger partial charge in [-0.05, 0) is 32.9 Å². The molecule has 30 heavy (non-hydrogen) atoms. The lowest BCUT2D eigenvalue weighted by molar-refractivity contribution is -0.383. The lowest BCUT2D eigenvalue weighted by Crippen LogP contribution is -2.31. The first-order valence-corrected chi connectivity index (χ1v) is 9.34. The van der Waals surface area contributed by atoms with Crippen LogP contribution in [0, 0.1) is 10.1 Å². The molecule has 0 saturated heterocycles. The Morgan fingerprint density at radius 3 is 2.70 bits per heavy atom. The Bertz CT molecular complexity index is 987. The maximum atomic E-state index is 12.3. The Morgan fingerprint density at radius 2 is 1.97 bits per heavy atom. The van der Waals surface area contributed by atoms with Crippen molar-refractivity contribution in [2.75, 3.05) is 11.9 Å². The largest absolute Gasteiger partial charge is 0.483 e. The molecule has 0 saturated carbocycles. The zero-order valence-corrected chi connectivity index (χ0v) is 16.8. The molecule has 0 fully saturated rings. The van der Waals surface area contributed by atoms with Gasteiger partial charge in [-0.1, -0.05) is 24.3 Å². The Labute approximate surface area is 173 Å². The fraction of sp³-hybridized carbons (Fsp3) is 0.333. The van der Waals surface area contributed by atoms with Crippen molar-refractivity contribution >= 4 is 23.3 Å². The number of nitro benzene ring substituents is 1. The van der Waals surface area contributed by atoms with E-state index in [2.05, 4.69) is 5.32 Å². The number of anilines is 1. The number of rotatable bonds is 7. The monoisotopic (exact) mass is 414 g/mol. The number of ether oxygens (including phenoxy) is 3. The minimum absolute atomic E-state index is 0.0197. The average molecular weight is 414 g/mol. The Hall–Kier alpha value is -3.62. The maximum Gasteiger partial charge on any atom is 0.344 e. The third kappa shape index (κ3) is 4.86. The summed E-state index contributed by atoms with van der Waals surface area (Å²) in [5.74, 6) is -0.428. The average Bonchev–Trinajstić information content (AvgIpc) is 3.00. The van der Waals surface area contributed by atoms with Gasteiger partial charge in [0, 0.05) is 18.1 Å². The highest BCUT2D eigenvalue weighted by molar-refractivity contribution is 5.96. The topological polar surface area (TPSA) is 117 Å². The van der Waals surface area contributed by atoms with Crippen molar-refractivity contribution in [3.8, 4) is 11.5 Å². The van der Waals surface area contributed by atoms with Crippen LogP contribution in [0.25, 0.3) is 0 Å². The summed E-state index contributed by atoms with van der Waals surface area (Å²) in [6, 6.07) is 11.1. The lowest BCUT2D eigenvalue weighted by atomic mass is 10.0. The van der Waals surface area contributed by atoms with Crippen LogP contribution in [0.5, 0.6) is 11.5 Å². The van der Waals surface area contributed by atoms with Crippen molar-refractivity contribution in [3.63, 3.8) is 0 Å². The normalized spacial score (nSPS) is 14.8. The van der Waals surface area contributed by atoms with Gasteiger partial charge < -0.3 is 19.5 Å². The molecule has 9 heteroatoms. The molecular formula is C21H22N2O7. The van der Waals surface area contributed by atoms with Gasteiger partial charge in [-0.25, -0.2) is 4.79 Å². The molecule has 1 atom stereocenters. The van der Waals surface area contributed by atoms with E-state index in [1.54, 1.807) is 12.1 Å². The number of carbonyl (C=O) groups excluding carboxylic acids is 2. The summed E-state index contributed by atoms with van der Waals surface area (Å²) in [5.41, 5.74) is 0.400. The molecule has 1 aliphatic heterocycles. The molecule has 0 aliphatic carbocycles. The van der Waals surface area contributed by atoms with Gasteiger partial charge in [0.15, 0.2) is 24.2 Å². The number of amides is 1. The number of carbonyl (C=O) groups is 2.